The van der Waals surface area contributed by atoms with Gasteiger partial charge in [-0.15, -0.1) is 0 Å². The first kappa shape index (κ1) is 14.3. The second-order valence-corrected chi connectivity index (χ2v) is 3.34. The van der Waals surface area contributed by atoms with Gasteiger partial charge in [0.1, 0.15) is 0 Å². The molecule has 0 aromatic rings. The molecule has 0 bridgehead atoms. The first-order valence-corrected chi connectivity index (χ1v) is 4.94. The molecule has 15 heavy (non-hydrogen) atoms. The molecule has 0 amide bonds. The number of hydrogen-bond acceptors (Lipinski definition) is 5. The van der Waals surface area contributed by atoms with E-state index >= 15 is 0 Å². The highest BCUT2D eigenvalue weighted by Crippen LogP contribution is 2.00. The standard InChI is InChI=1S/C10H21NO4/c1-9(8-14-3)11(5-6-13-2)7-10(12)15-4/h9H,5-8H2,1-4H3. The molecule has 0 rings (SSSR count). The molecule has 0 spiro atoms. The Kier molecular flexibility index (Phi) is 8.27. The summed E-state index contributed by atoms with van der Waals surface area (Å²) >= 11 is 0. The molecule has 0 saturated heterocycles. The maximum Gasteiger partial charge on any atom is 0.319 e. The van der Waals surface area contributed by atoms with E-state index in [1.807, 2.05) is 11.8 Å². The highest BCUT2D eigenvalue weighted by Gasteiger charge is 2.16. The van der Waals surface area contributed by atoms with Gasteiger partial charge in [0, 0.05) is 26.8 Å². The van der Waals surface area contributed by atoms with Gasteiger partial charge < -0.3 is 14.2 Å². The number of ether oxygens (including phenoxy) is 3. The quantitative estimate of drug-likeness (QED) is 0.544. The normalized spacial score (nSPS) is 12.9. The van der Waals surface area contributed by atoms with Crippen LogP contribution in [-0.2, 0) is 19.0 Å². The van der Waals surface area contributed by atoms with Gasteiger partial charge >= 0.3 is 5.97 Å². The lowest BCUT2D eigenvalue weighted by Gasteiger charge is -2.26. The highest BCUT2D eigenvalue weighted by atomic mass is 16.5. The van der Waals surface area contributed by atoms with Gasteiger partial charge in [0.2, 0.25) is 0 Å². The van der Waals surface area contributed by atoms with Crippen LogP contribution in [0.15, 0.2) is 0 Å². The molecule has 0 aliphatic carbocycles. The summed E-state index contributed by atoms with van der Waals surface area (Å²) in [4.78, 5) is 13.1. The maximum absolute atomic E-state index is 11.1. The van der Waals surface area contributed by atoms with Gasteiger partial charge in [-0.1, -0.05) is 0 Å². The van der Waals surface area contributed by atoms with Crippen molar-refractivity contribution in [1.82, 2.24) is 4.90 Å². The molecule has 0 aliphatic rings. The third-order valence-electron chi connectivity index (χ3n) is 2.17. The molecular formula is C10H21NO4. The van der Waals surface area contributed by atoms with E-state index in [4.69, 9.17) is 9.47 Å². The molecule has 0 N–H and O–H groups in total. The minimum atomic E-state index is -0.242. The lowest BCUT2D eigenvalue weighted by Crippen LogP contribution is -2.42. The van der Waals surface area contributed by atoms with E-state index in [0.717, 1.165) is 0 Å². The van der Waals surface area contributed by atoms with Gasteiger partial charge in [-0.05, 0) is 6.92 Å². The molecule has 0 aromatic heterocycles. The van der Waals surface area contributed by atoms with Crippen molar-refractivity contribution in [2.75, 3.05) is 47.6 Å². The van der Waals surface area contributed by atoms with Crippen molar-refractivity contribution in [2.45, 2.75) is 13.0 Å². The van der Waals surface area contributed by atoms with Crippen LogP contribution in [0.4, 0.5) is 0 Å². The third kappa shape index (κ3) is 6.43. The maximum atomic E-state index is 11.1. The first-order chi connectivity index (χ1) is 7.15. The van der Waals surface area contributed by atoms with Crippen LogP contribution in [0.2, 0.25) is 0 Å². The zero-order chi connectivity index (χ0) is 11.7. The van der Waals surface area contributed by atoms with Crippen molar-refractivity contribution in [3.8, 4) is 0 Å². The van der Waals surface area contributed by atoms with Crippen molar-refractivity contribution in [3.05, 3.63) is 0 Å². The third-order valence-corrected chi connectivity index (χ3v) is 2.17. The van der Waals surface area contributed by atoms with Crippen LogP contribution < -0.4 is 0 Å². The van der Waals surface area contributed by atoms with Gasteiger partial charge in [-0.25, -0.2) is 0 Å². The Morgan fingerprint density at radius 1 is 1.27 bits per heavy atom. The Morgan fingerprint density at radius 2 is 1.93 bits per heavy atom. The van der Waals surface area contributed by atoms with Crippen LogP contribution in [-0.4, -0.2) is 64.5 Å². The van der Waals surface area contributed by atoms with Crippen molar-refractivity contribution in [3.63, 3.8) is 0 Å². The molecule has 0 aliphatic heterocycles. The number of rotatable bonds is 8. The van der Waals surface area contributed by atoms with E-state index in [9.17, 15) is 4.79 Å². The molecule has 0 fully saturated rings. The summed E-state index contributed by atoms with van der Waals surface area (Å²) in [6, 6.07) is 0.171. The number of methoxy groups -OCH3 is 3. The van der Waals surface area contributed by atoms with E-state index in [1.165, 1.54) is 7.11 Å². The van der Waals surface area contributed by atoms with Crippen molar-refractivity contribution < 1.29 is 19.0 Å². The predicted octanol–water partition coefficient (Wildman–Crippen LogP) is 0.143. The largest absolute Gasteiger partial charge is 0.468 e. The lowest BCUT2D eigenvalue weighted by atomic mass is 10.3. The van der Waals surface area contributed by atoms with Crippen LogP contribution in [0.5, 0.6) is 0 Å². The summed E-state index contributed by atoms with van der Waals surface area (Å²) in [7, 11) is 4.66. The number of carbonyl (C=O) groups excluding carboxylic acids is 1. The van der Waals surface area contributed by atoms with E-state index in [2.05, 4.69) is 4.74 Å². The average Bonchev–Trinajstić information content (AvgIpc) is 2.24. The summed E-state index contributed by atoms with van der Waals surface area (Å²) in [5.41, 5.74) is 0. The first-order valence-electron chi connectivity index (χ1n) is 4.94. The number of esters is 1. The molecular weight excluding hydrogens is 198 g/mol. The van der Waals surface area contributed by atoms with Crippen LogP contribution in [0.1, 0.15) is 6.92 Å². The van der Waals surface area contributed by atoms with Crippen molar-refractivity contribution >= 4 is 5.97 Å². The zero-order valence-corrected chi connectivity index (χ0v) is 9.99. The summed E-state index contributed by atoms with van der Waals surface area (Å²) < 4.78 is 14.7. The van der Waals surface area contributed by atoms with Gasteiger partial charge in [0.05, 0.1) is 26.9 Å². The fourth-order valence-corrected chi connectivity index (χ4v) is 1.24. The van der Waals surface area contributed by atoms with E-state index in [-0.39, 0.29) is 18.6 Å². The molecule has 0 saturated carbocycles. The Morgan fingerprint density at radius 3 is 2.40 bits per heavy atom. The summed E-state index contributed by atoms with van der Waals surface area (Å²) in [5.74, 6) is -0.242. The predicted molar refractivity (Wildman–Crippen MR) is 56.8 cm³/mol. The minimum absolute atomic E-state index is 0.171. The van der Waals surface area contributed by atoms with E-state index < -0.39 is 0 Å². The zero-order valence-electron chi connectivity index (χ0n) is 9.99. The van der Waals surface area contributed by atoms with Crippen molar-refractivity contribution in [1.29, 1.82) is 0 Å². The van der Waals surface area contributed by atoms with Crippen LogP contribution in [0.25, 0.3) is 0 Å². The molecule has 1 atom stereocenters. The number of carbonyl (C=O) groups is 1. The second-order valence-electron chi connectivity index (χ2n) is 3.34. The van der Waals surface area contributed by atoms with Crippen LogP contribution in [0, 0.1) is 0 Å². The van der Waals surface area contributed by atoms with Gasteiger partial charge in [-0.2, -0.15) is 0 Å². The van der Waals surface area contributed by atoms with Gasteiger partial charge in [-0.3, -0.25) is 9.69 Å². The Bertz CT molecular complexity index is 175. The monoisotopic (exact) mass is 219 g/mol. The molecule has 5 heteroatoms. The summed E-state index contributed by atoms with van der Waals surface area (Å²) in [6.45, 7) is 4.13. The van der Waals surface area contributed by atoms with E-state index in [1.54, 1.807) is 14.2 Å². The topological polar surface area (TPSA) is 48.0 Å². The van der Waals surface area contributed by atoms with E-state index in [0.29, 0.717) is 19.8 Å². The molecule has 0 aromatic carbocycles. The average molecular weight is 219 g/mol. The number of nitrogens with zero attached hydrogens (tertiary/aromatic N) is 1. The SMILES string of the molecule is COCCN(CC(=O)OC)C(C)COC. The van der Waals surface area contributed by atoms with Crippen LogP contribution in [0.3, 0.4) is 0 Å². The molecule has 0 heterocycles. The lowest BCUT2D eigenvalue weighted by molar-refractivity contribution is -0.142. The second kappa shape index (κ2) is 8.64. The van der Waals surface area contributed by atoms with Crippen molar-refractivity contribution in [2.24, 2.45) is 0 Å². The molecule has 90 valence electrons. The summed E-state index contributed by atoms with van der Waals surface area (Å²) in [5, 5.41) is 0. The Hall–Kier alpha value is -0.650. The Balaban J connectivity index is 4.09. The highest BCUT2D eigenvalue weighted by molar-refractivity contribution is 5.71. The molecule has 0 radical (unpaired) electrons. The fraction of sp³-hybridized carbons (Fsp3) is 0.900. The molecule has 1 unspecified atom stereocenters. The Labute approximate surface area is 91.3 Å². The molecule has 5 nitrogen and oxygen atoms in total. The van der Waals surface area contributed by atoms with Gasteiger partial charge in [0.25, 0.3) is 0 Å². The number of hydrogen-bond donors (Lipinski definition) is 0. The van der Waals surface area contributed by atoms with Crippen LogP contribution >= 0.6 is 0 Å². The summed E-state index contributed by atoms with van der Waals surface area (Å²) in [6.07, 6.45) is 0. The fourth-order valence-electron chi connectivity index (χ4n) is 1.24. The van der Waals surface area contributed by atoms with Gasteiger partial charge in [0.15, 0.2) is 0 Å². The smallest absolute Gasteiger partial charge is 0.319 e. The minimum Gasteiger partial charge on any atom is -0.468 e.